The third-order valence-corrected chi connectivity index (χ3v) is 7.24. The monoisotopic (exact) mass is 839 g/mol. The molecule has 0 aliphatic heterocycles. The van der Waals surface area contributed by atoms with Gasteiger partial charge in [0.2, 0.25) is 6.10 Å². The molecule has 33 heavy (non-hydrogen) atoms. The van der Waals surface area contributed by atoms with Crippen LogP contribution >= 0.6 is 91.2 Å². The lowest BCUT2D eigenvalue weighted by molar-refractivity contribution is -0.175. The highest BCUT2D eigenvalue weighted by molar-refractivity contribution is 14.1. The van der Waals surface area contributed by atoms with Crippen LogP contribution < -0.4 is 3.11 Å². The number of carbonyl (C=O) groups is 6. The van der Waals surface area contributed by atoms with Crippen molar-refractivity contribution in [2.24, 2.45) is 0 Å². The standard InChI is InChI=1S/C18H14Cl2I3NO9/c1-6(25)31-5-11(32-7(2)26)15(33-8(3)27)18(30)24(23)10-4-9(16(19)28)13(21)12(14(10)22)17(20)29/h4,11,15H,5H2,1-3H3. The zero-order chi connectivity index (χ0) is 25.6. The van der Waals surface area contributed by atoms with E-state index in [0.717, 1.165) is 23.9 Å². The van der Waals surface area contributed by atoms with Crippen molar-refractivity contribution in [3.63, 3.8) is 0 Å². The quantitative estimate of drug-likeness (QED) is 0.120. The minimum atomic E-state index is -1.73. The zero-order valence-electron chi connectivity index (χ0n) is 17.0. The summed E-state index contributed by atoms with van der Waals surface area (Å²) in [6, 6.07) is 1.25. The summed E-state index contributed by atoms with van der Waals surface area (Å²) in [6.45, 7) is 2.60. The Morgan fingerprint density at radius 2 is 1.45 bits per heavy atom. The van der Waals surface area contributed by atoms with E-state index in [-0.39, 0.29) is 24.0 Å². The molecule has 0 radical (unpaired) electrons. The third kappa shape index (κ3) is 8.43. The molecule has 15 heteroatoms. The first kappa shape index (κ1) is 30.2. The summed E-state index contributed by atoms with van der Waals surface area (Å²) in [6.07, 6.45) is -3.21. The minimum absolute atomic E-state index is 0.0285. The Morgan fingerprint density at radius 3 is 1.88 bits per heavy atom. The largest absolute Gasteiger partial charge is 0.462 e. The highest BCUT2D eigenvalue weighted by atomic mass is 127. The molecule has 0 N–H and O–H groups in total. The molecular formula is C18H14Cl2I3NO9. The van der Waals surface area contributed by atoms with Gasteiger partial charge >= 0.3 is 17.9 Å². The van der Waals surface area contributed by atoms with Gasteiger partial charge < -0.3 is 14.2 Å². The maximum absolute atomic E-state index is 13.3. The summed E-state index contributed by atoms with van der Waals surface area (Å²) in [5, 5.41) is -1.80. The second-order valence-electron chi connectivity index (χ2n) is 6.09. The lowest BCUT2D eigenvalue weighted by Crippen LogP contribution is -2.48. The van der Waals surface area contributed by atoms with E-state index in [2.05, 4.69) is 0 Å². The molecular weight excluding hydrogens is 826 g/mol. The van der Waals surface area contributed by atoms with Gasteiger partial charge in [-0.05, 0) is 74.4 Å². The fourth-order valence-electron chi connectivity index (χ4n) is 2.37. The number of hydrogen-bond acceptors (Lipinski definition) is 9. The molecule has 2 unspecified atom stereocenters. The van der Waals surface area contributed by atoms with Crippen molar-refractivity contribution in [2.45, 2.75) is 33.0 Å². The van der Waals surface area contributed by atoms with Gasteiger partial charge in [-0.2, -0.15) is 0 Å². The van der Waals surface area contributed by atoms with Crippen molar-refractivity contribution < 1.29 is 43.0 Å². The molecule has 10 nitrogen and oxygen atoms in total. The Morgan fingerprint density at radius 1 is 0.909 bits per heavy atom. The van der Waals surface area contributed by atoms with Gasteiger partial charge in [0.05, 0.1) is 43.2 Å². The summed E-state index contributed by atoms with van der Waals surface area (Å²) < 4.78 is 16.3. The van der Waals surface area contributed by atoms with Crippen LogP contribution in [0.5, 0.6) is 0 Å². The minimum Gasteiger partial charge on any atom is -0.462 e. The van der Waals surface area contributed by atoms with Crippen LogP contribution in [0.3, 0.4) is 0 Å². The lowest BCUT2D eigenvalue weighted by Gasteiger charge is -2.28. The van der Waals surface area contributed by atoms with Gasteiger partial charge in [-0.3, -0.25) is 28.8 Å². The Kier molecular flexibility index (Phi) is 12.2. The Balaban J connectivity index is 3.59. The number of nitrogens with zero attached hydrogens (tertiary/aromatic N) is 1. The van der Waals surface area contributed by atoms with E-state index in [0.29, 0.717) is 0 Å². The SMILES string of the molecule is CC(=O)OCC(OC(C)=O)C(OC(C)=O)C(=O)N(I)c1cc(C(=O)Cl)c(I)c(C(=O)Cl)c1I. The topological polar surface area (TPSA) is 133 Å². The summed E-state index contributed by atoms with van der Waals surface area (Å²) in [5.74, 6) is -3.37. The first-order chi connectivity index (χ1) is 15.2. The van der Waals surface area contributed by atoms with Crippen molar-refractivity contribution in [1.29, 1.82) is 0 Å². The zero-order valence-corrected chi connectivity index (χ0v) is 24.9. The number of hydrogen-bond donors (Lipinski definition) is 0. The molecule has 0 bridgehead atoms. The number of rotatable bonds is 9. The van der Waals surface area contributed by atoms with Crippen molar-refractivity contribution in [3.8, 4) is 0 Å². The van der Waals surface area contributed by atoms with Gasteiger partial charge in [-0.15, -0.1) is 0 Å². The van der Waals surface area contributed by atoms with Crippen LogP contribution in [0.1, 0.15) is 41.5 Å². The first-order valence-electron chi connectivity index (χ1n) is 8.58. The summed E-state index contributed by atoms with van der Waals surface area (Å²) in [7, 11) is 0. The van der Waals surface area contributed by atoms with E-state index in [1.165, 1.54) is 6.07 Å². The van der Waals surface area contributed by atoms with E-state index < -0.39 is 53.1 Å². The molecule has 0 aliphatic carbocycles. The van der Waals surface area contributed by atoms with Gasteiger partial charge in [0.1, 0.15) is 6.61 Å². The maximum Gasteiger partial charge on any atom is 0.303 e. The lowest BCUT2D eigenvalue weighted by atomic mass is 10.1. The number of anilines is 1. The van der Waals surface area contributed by atoms with Gasteiger partial charge in [0.15, 0.2) is 6.10 Å². The van der Waals surface area contributed by atoms with Gasteiger partial charge in [0.25, 0.3) is 16.4 Å². The van der Waals surface area contributed by atoms with Crippen LogP contribution in [0.2, 0.25) is 0 Å². The van der Waals surface area contributed by atoms with Gasteiger partial charge in [0, 0.05) is 24.3 Å². The van der Waals surface area contributed by atoms with E-state index in [1.807, 2.05) is 0 Å². The molecule has 1 aromatic carbocycles. The molecule has 180 valence electrons. The molecule has 2 atom stereocenters. The van der Waals surface area contributed by atoms with E-state index in [9.17, 15) is 28.8 Å². The molecule has 0 aromatic heterocycles. The van der Waals surface area contributed by atoms with Crippen LogP contribution in [-0.4, -0.2) is 53.1 Å². The van der Waals surface area contributed by atoms with Crippen molar-refractivity contribution in [1.82, 2.24) is 0 Å². The van der Waals surface area contributed by atoms with E-state index in [1.54, 1.807) is 68.0 Å². The number of esters is 3. The average Bonchev–Trinajstić information content (AvgIpc) is 2.67. The molecule has 0 fully saturated rings. The van der Waals surface area contributed by atoms with Gasteiger partial charge in [-0.1, -0.05) is 0 Å². The van der Waals surface area contributed by atoms with Crippen molar-refractivity contribution in [2.75, 3.05) is 9.72 Å². The molecule has 0 spiro atoms. The highest BCUT2D eigenvalue weighted by Crippen LogP contribution is 2.36. The van der Waals surface area contributed by atoms with E-state index >= 15 is 0 Å². The summed E-state index contributed by atoms with van der Waals surface area (Å²) in [4.78, 5) is 71.6. The molecule has 1 amide bonds. The Bertz CT molecular complexity index is 1020. The highest BCUT2D eigenvalue weighted by Gasteiger charge is 2.39. The van der Waals surface area contributed by atoms with Crippen LogP contribution in [0.25, 0.3) is 0 Å². The second-order valence-corrected chi connectivity index (χ2v) is 9.90. The predicted octanol–water partition coefficient (Wildman–Crippen LogP) is 3.76. The Hall–Kier alpha value is -0.790. The Labute approximate surface area is 239 Å². The fraction of sp³-hybridized carbons (Fsp3) is 0.333. The molecule has 0 heterocycles. The third-order valence-electron chi connectivity index (χ3n) is 3.64. The number of benzene rings is 1. The molecule has 1 rings (SSSR count). The van der Waals surface area contributed by atoms with Crippen molar-refractivity contribution >= 4 is 131 Å². The maximum atomic E-state index is 13.3. The van der Waals surface area contributed by atoms with Crippen LogP contribution in [0.4, 0.5) is 5.69 Å². The summed E-state index contributed by atoms with van der Waals surface area (Å²) in [5.41, 5.74) is -0.123. The van der Waals surface area contributed by atoms with Crippen LogP contribution in [-0.2, 0) is 33.4 Å². The molecule has 0 aliphatic rings. The summed E-state index contributed by atoms with van der Waals surface area (Å²) >= 11 is 16.3. The number of ether oxygens (including phenoxy) is 3. The number of halogens is 5. The van der Waals surface area contributed by atoms with E-state index in [4.69, 9.17) is 37.4 Å². The number of carbonyl (C=O) groups excluding carboxylic acids is 6. The first-order valence-corrected chi connectivity index (χ1v) is 12.5. The smallest absolute Gasteiger partial charge is 0.303 e. The van der Waals surface area contributed by atoms with Crippen LogP contribution in [0.15, 0.2) is 6.07 Å². The predicted molar refractivity (Wildman–Crippen MR) is 141 cm³/mol. The molecule has 0 saturated carbocycles. The molecule has 0 saturated heterocycles. The van der Waals surface area contributed by atoms with Crippen LogP contribution in [0, 0.1) is 7.14 Å². The average molecular weight is 840 g/mol. The van der Waals surface area contributed by atoms with Crippen molar-refractivity contribution in [3.05, 3.63) is 24.3 Å². The second kappa shape index (κ2) is 13.3. The fourth-order valence-corrected chi connectivity index (χ4v) is 6.65. The number of amides is 1. The molecule has 1 aromatic rings. The normalized spacial score (nSPS) is 12.2. The van der Waals surface area contributed by atoms with Gasteiger partial charge in [-0.25, -0.2) is 3.11 Å².